The second-order valence-corrected chi connectivity index (χ2v) is 5.70. The Morgan fingerprint density at radius 2 is 2.16 bits per heavy atom. The molecule has 2 rings (SSSR count). The van der Waals surface area contributed by atoms with Crippen molar-refractivity contribution in [2.45, 2.75) is 0 Å². The summed E-state index contributed by atoms with van der Waals surface area (Å²) in [7, 11) is 1.53. The Morgan fingerprint density at radius 3 is 2.84 bits per heavy atom. The van der Waals surface area contributed by atoms with Crippen LogP contribution in [0.2, 0.25) is 0 Å². The molecule has 25 heavy (non-hydrogen) atoms. The molecule has 1 amide bonds. The Balaban J connectivity index is 2.13. The Labute approximate surface area is 153 Å². The van der Waals surface area contributed by atoms with Gasteiger partial charge in [-0.25, -0.2) is 5.43 Å². The Kier molecular flexibility index (Phi) is 6.59. The molecule has 0 heterocycles. The van der Waals surface area contributed by atoms with Crippen LogP contribution in [0.5, 0.6) is 17.2 Å². The van der Waals surface area contributed by atoms with Crippen LogP contribution in [0.25, 0.3) is 0 Å². The number of aromatic hydroxyl groups is 1. The topological polar surface area (TPSA) is 80.2 Å². The van der Waals surface area contributed by atoms with E-state index >= 15 is 0 Å². The van der Waals surface area contributed by atoms with Gasteiger partial charge in [-0.2, -0.15) is 5.10 Å². The van der Waals surface area contributed by atoms with E-state index in [2.05, 4.69) is 33.0 Å². The highest BCUT2D eigenvalue weighted by Crippen LogP contribution is 2.36. The fourth-order valence-corrected chi connectivity index (χ4v) is 2.56. The standard InChI is InChI=1S/C18H17BrN2O4/c1-3-8-25-17-14(19)9-12(10-16(17)24-2)11-20-21-18(23)13-6-4-5-7-15(13)22/h3-7,9-11,22H,1,8H2,2H3,(H,21,23)/b20-11-. The summed E-state index contributed by atoms with van der Waals surface area (Å²) >= 11 is 3.41. The zero-order valence-corrected chi connectivity index (χ0v) is 15.1. The lowest BCUT2D eigenvalue weighted by Gasteiger charge is -2.12. The molecule has 0 fully saturated rings. The molecule has 2 aromatic carbocycles. The van der Waals surface area contributed by atoms with Crippen molar-refractivity contribution in [1.29, 1.82) is 0 Å². The van der Waals surface area contributed by atoms with Gasteiger partial charge in [0.05, 0.1) is 23.4 Å². The second-order valence-electron chi connectivity index (χ2n) is 4.85. The molecule has 7 heteroatoms. The zero-order valence-electron chi connectivity index (χ0n) is 13.5. The van der Waals surface area contributed by atoms with E-state index in [0.717, 1.165) is 0 Å². The van der Waals surface area contributed by atoms with E-state index in [4.69, 9.17) is 9.47 Å². The van der Waals surface area contributed by atoms with Gasteiger partial charge in [-0.15, -0.1) is 0 Å². The number of phenols is 1. The first-order valence-electron chi connectivity index (χ1n) is 7.29. The van der Waals surface area contributed by atoms with E-state index in [-0.39, 0.29) is 11.3 Å². The molecule has 6 nitrogen and oxygen atoms in total. The Morgan fingerprint density at radius 1 is 1.40 bits per heavy atom. The number of methoxy groups -OCH3 is 1. The molecule has 0 atom stereocenters. The second kappa shape index (κ2) is 8.89. The summed E-state index contributed by atoms with van der Waals surface area (Å²) in [6, 6.07) is 9.72. The van der Waals surface area contributed by atoms with Crippen molar-refractivity contribution in [1.82, 2.24) is 5.43 Å². The maximum atomic E-state index is 12.0. The van der Waals surface area contributed by atoms with Crippen molar-refractivity contribution in [3.63, 3.8) is 0 Å². The average molecular weight is 405 g/mol. The lowest BCUT2D eigenvalue weighted by Crippen LogP contribution is -2.17. The first-order chi connectivity index (χ1) is 12.1. The van der Waals surface area contributed by atoms with Crippen LogP contribution < -0.4 is 14.9 Å². The molecule has 0 unspecified atom stereocenters. The zero-order chi connectivity index (χ0) is 18.2. The number of hydrogen-bond donors (Lipinski definition) is 2. The highest BCUT2D eigenvalue weighted by Gasteiger charge is 2.11. The van der Waals surface area contributed by atoms with Crippen LogP contribution >= 0.6 is 15.9 Å². The number of nitrogens with one attached hydrogen (secondary N) is 1. The van der Waals surface area contributed by atoms with Crippen molar-refractivity contribution in [2.75, 3.05) is 13.7 Å². The number of hydrazone groups is 1. The lowest BCUT2D eigenvalue weighted by molar-refractivity contribution is 0.0952. The summed E-state index contributed by atoms with van der Waals surface area (Å²) < 4.78 is 11.5. The first-order valence-corrected chi connectivity index (χ1v) is 8.08. The molecule has 0 spiro atoms. The van der Waals surface area contributed by atoms with Gasteiger partial charge in [-0.05, 0) is 45.8 Å². The van der Waals surface area contributed by atoms with Crippen molar-refractivity contribution >= 4 is 28.1 Å². The number of halogens is 1. The number of rotatable bonds is 7. The van der Waals surface area contributed by atoms with Gasteiger partial charge in [0.25, 0.3) is 5.91 Å². The maximum absolute atomic E-state index is 12.0. The molecule has 0 aliphatic carbocycles. The SMILES string of the molecule is C=CCOc1c(Br)cc(/C=N\NC(=O)c2ccccc2O)cc1OC. The molecule has 0 aromatic heterocycles. The van der Waals surface area contributed by atoms with Crippen LogP contribution in [-0.2, 0) is 0 Å². The first kappa shape index (κ1) is 18.5. The van der Waals surface area contributed by atoms with Crippen LogP contribution in [-0.4, -0.2) is 30.9 Å². The number of carbonyl (C=O) groups excluding carboxylic acids is 1. The Hall–Kier alpha value is -2.80. The van der Waals surface area contributed by atoms with E-state index in [1.807, 2.05) is 0 Å². The average Bonchev–Trinajstić information content (AvgIpc) is 2.60. The van der Waals surface area contributed by atoms with Crippen molar-refractivity contribution in [2.24, 2.45) is 5.10 Å². The number of benzene rings is 2. The van der Waals surface area contributed by atoms with Crippen LogP contribution in [0.3, 0.4) is 0 Å². The number of hydrogen-bond acceptors (Lipinski definition) is 5. The summed E-state index contributed by atoms with van der Waals surface area (Å²) in [5.74, 6) is 0.456. The lowest BCUT2D eigenvalue weighted by atomic mass is 10.2. The van der Waals surface area contributed by atoms with E-state index in [0.29, 0.717) is 28.1 Å². The molecule has 2 N–H and O–H groups in total. The van der Waals surface area contributed by atoms with Gasteiger partial charge >= 0.3 is 0 Å². The molecule has 0 bridgehead atoms. The molecule has 0 saturated heterocycles. The summed E-state index contributed by atoms with van der Waals surface area (Å²) in [6.45, 7) is 3.95. The predicted octanol–water partition coefficient (Wildman–Crippen LogP) is 3.49. The van der Waals surface area contributed by atoms with Gasteiger partial charge in [0.2, 0.25) is 0 Å². The van der Waals surface area contributed by atoms with Crippen LogP contribution in [0.1, 0.15) is 15.9 Å². The quantitative estimate of drug-likeness (QED) is 0.420. The monoisotopic (exact) mass is 404 g/mol. The third kappa shape index (κ3) is 4.84. The minimum Gasteiger partial charge on any atom is -0.507 e. The minimum absolute atomic E-state index is 0.108. The number of amides is 1. The van der Waals surface area contributed by atoms with Crippen molar-refractivity contribution < 1.29 is 19.4 Å². The molecule has 0 radical (unpaired) electrons. The van der Waals surface area contributed by atoms with Gasteiger partial charge in [0.1, 0.15) is 12.4 Å². The molecule has 130 valence electrons. The minimum atomic E-state index is -0.508. The number of carbonyl (C=O) groups is 1. The Bertz CT molecular complexity index is 806. The van der Waals surface area contributed by atoms with E-state index in [9.17, 15) is 9.90 Å². The highest BCUT2D eigenvalue weighted by atomic mass is 79.9. The van der Waals surface area contributed by atoms with Crippen molar-refractivity contribution in [3.8, 4) is 17.2 Å². The molecule has 2 aromatic rings. The van der Waals surface area contributed by atoms with Gasteiger partial charge in [-0.3, -0.25) is 4.79 Å². The van der Waals surface area contributed by atoms with Crippen LogP contribution in [0.4, 0.5) is 0 Å². The molecule has 0 aliphatic heterocycles. The van der Waals surface area contributed by atoms with Gasteiger partial charge in [0, 0.05) is 0 Å². The van der Waals surface area contributed by atoms with E-state index in [1.54, 1.807) is 30.3 Å². The number of phenolic OH excluding ortho intramolecular Hbond substituents is 1. The normalized spacial score (nSPS) is 10.5. The molecule has 0 aliphatic rings. The smallest absolute Gasteiger partial charge is 0.275 e. The third-order valence-corrected chi connectivity index (χ3v) is 3.71. The molecular formula is C18H17BrN2O4. The van der Waals surface area contributed by atoms with Crippen LogP contribution in [0, 0.1) is 0 Å². The fourth-order valence-electron chi connectivity index (χ4n) is 1.99. The highest BCUT2D eigenvalue weighted by molar-refractivity contribution is 9.10. The maximum Gasteiger partial charge on any atom is 0.275 e. The molecular weight excluding hydrogens is 388 g/mol. The van der Waals surface area contributed by atoms with Gasteiger partial charge in [-0.1, -0.05) is 24.8 Å². The van der Waals surface area contributed by atoms with Gasteiger partial charge in [0.15, 0.2) is 11.5 Å². The summed E-state index contributed by atoms with van der Waals surface area (Å²) in [5, 5.41) is 13.5. The van der Waals surface area contributed by atoms with Crippen LogP contribution in [0.15, 0.2) is 58.6 Å². The summed E-state index contributed by atoms with van der Waals surface area (Å²) in [6.07, 6.45) is 3.10. The van der Waals surface area contributed by atoms with E-state index < -0.39 is 5.91 Å². The largest absolute Gasteiger partial charge is 0.507 e. The molecule has 0 saturated carbocycles. The predicted molar refractivity (Wildman–Crippen MR) is 99.6 cm³/mol. The number of para-hydroxylation sites is 1. The fraction of sp³-hybridized carbons (Fsp3) is 0.111. The van der Waals surface area contributed by atoms with Gasteiger partial charge < -0.3 is 14.6 Å². The third-order valence-electron chi connectivity index (χ3n) is 3.13. The van der Waals surface area contributed by atoms with E-state index in [1.165, 1.54) is 25.5 Å². The van der Waals surface area contributed by atoms with Crippen molar-refractivity contribution in [3.05, 3.63) is 64.7 Å². The summed E-state index contributed by atoms with van der Waals surface area (Å²) in [4.78, 5) is 12.0. The number of nitrogens with zero attached hydrogens (tertiary/aromatic N) is 1. The number of ether oxygens (including phenoxy) is 2. The summed E-state index contributed by atoms with van der Waals surface area (Å²) in [5.41, 5.74) is 3.20.